The molecule has 0 unspecified atom stereocenters. The first-order chi connectivity index (χ1) is 18.5. The van der Waals surface area contributed by atoms with Crippen LogP contribution in [-0.4, -0.2) is 91.9 Å². The molecule has 10 heteroatoms. The molecule has 200 valence electrons. The Hall–Kier alpha value is -4.05. The summed E-state index contributed by atoms with van der Waals surface area (Å²) < 4.78 is 23.7. The number of hydrogen-bond donors (Lipinski definition) is 0. The van der Waals surface area contributed by atoms with Crippen LogP contribution in [0, 0.1) is 5.82 Å². The van der Waals surface area contributed by atoms with E-state index in [-0.39, 0.29) is 24.9 Å². The van der Waals surface area contributed by atoms with Crippen LogP contribution < -0.4 is 9.64 Å². The second kappa shape index (κ2) is 13.0. The topological polar surface area (TPSA) is 88.1 Å². The van der Waals surface area contributed by atoms with Crippen LogP contribution in [0.25, 0.3) is 11.3 Å². The maximum atomic E-state index is 13.3. The van der Waals surface area contributed by atoms with Crippen LogP contribution in [0.4, 0.5) is 10.2 Å². The number of amides is 2. The van der Waals surface area contributed by atoms with Gasteiger partial charge in [-0.15, -0.1) is 10.2 Å². The van der Waals surface area contributed by atoms with Gasteiger partial charge < -0.3 is 24.2 Å². The third-order valence-electron chi connectivity index (χ3n) is 6.46. The first-order valence-electron chi connectivity index (χ1n) is 12.5. The molecule has 4 rings (SSSR count). The van der Waals surface area contributed by atoms with Crippen molar-refractivity contribution in [1.29, 1.82) is 0 Å². The van der Waals surface area contributed by atoms with Crippen molar-refractivity contribution in [3.8, 4) is 17.0 Å². The number of aromatic nitrogens is 2. The summed E-state index contributed by atoms with van der Waals surface area (Å²) in [5, 5.41) is 8.83. The highest BCUT2D eigenvalue weighted by atomic mass is 19.1. The Labute approximate surface area is 221 Å². The van der Waals surface area contributed by atoms with Crippen molar-refractivity contribution in [2.24, 2.45) is 0 Å². The molecule has 3 aromatic rings. The lowest BCUT2D eigenvalue weighted by atomic mass is 10.1. The van der Waals surface area contributed by atoms with Gasteiger partial charge in [0.15, 0.2) is 5.82 Å². The Kier molecular flexibility index (Phi) is 9.21. The third kappa shape index (κ3) is 6.83. The summed E-state index contributed by atoms with van der Waals surface area (Å²) in [5.41, 5.74) is 2.00. The van der Waals surface area contributed by atoms with Gasteiger partial charge in [-0.25, -0.2) is 4.39 Å². The molecule has 0 spiro atoms. The number of hydrogen-bond acceptors (Lipinski definition) is 7. The SMILES string of the molecule is COCCN(CC(=O)N1CCCN(c2ccc(-c3cccc(OC)c3)nn2)CC1)C(=O)c1ccc(F)cc1. The molecule has 1 aliphatic rings. The van der Waals surface area contributed by atoms with Crippen LogP contribution in [0.3, 0.4) is 0 Å². The zero-order chi connectivity index (χ0) is 26.9. The maximum Gasteiger partial charge on any atom is 0.254 e. The Morgan fingerprint density at radius 1 is 0.974 bits per heavy atom. The van der Waals surface area contributed by atoms with Crippen molar-refractivity contribution in [2.45, 2.75) is 6.42 Å². The molecule has 2 heterocycles. The lowest BCUT2D eigenvalue weighted by Crippen LogP contribution is -2.45. The summed E-state index contributed by atoms with van der Waals surface area (Å²) >= 11 is 0. The lowest BCUT2D eigenvalue weighted by Gasteiger charge is -2.27. The maximum absolute atomic E-state index is 13.3. The summed E-state index contributed by atoms with van der Waals surface area (Å²) in [5.74, 6) is 0.607. The summed E-state index contributed by atoms with van der Waals surface area (Å²) in [6, 6.07) is 16.8. The van der Waals surface area contributed by atoms with E-state index in [0.29, 0.717) is 31.8 Å². The fourth-order valence-corrected chi connectivity index (χ4v) is 4.32. The van der Waals surface area contributed by atoms with Gasteiger partial charge in [0.25, 0.3) is 5.91 Å². The van der Waals surface area contributed by atoms with Gasteiger partial charge in [-0.05, 0) is 55.0 Å². The normalized spacial score (nSPS) is 13.7. The molecule has 1 saturated heterocycles. The van der Waals surface area contributed by atoms with E-state index < -0.39 is 5.82 Å². The van der Waals surface area contributed by atoms with E-state index in [2.05, 4.69) is 15.1 Å². The van der Waals surface area contributed by atoms with Crippen LogP contribution in [0.2, 0.25) is 0 Å². The van der Waals surface area contributed by atoms with E-state index in [1.165, 1.54) is 36.3 Å². The standard InChI is InChI=1S/C28H32FN5O4/c1-37-18-17-34(28(36)21-7-9-23(29)10-8-21)20-27(35)33-14-4-13-32(15-16-33)26-12-11-25(30-31-26)22-5-3-6-24(19-22)38-2/h3,5-12,19H,4,13-18,20H2,1-2H3. The van der Waals surface area contributed by atoms with Crippen LogP contribution in [0.1, 0.15) is 16.8 Å². The predicted octanol–water partition coefficient (Wildman–Crippen LogP) is 3.12. The average molecular weight is 522 g/mol. The second-order valence-corrected chi connectivity index (χ2v) is 8.96. The molecule has 9 nitrogen and oxygen atoms in total. The van der Waals surface area contributed by atoms with Gasteiger partial charge in [-0.1, -0.05) is 12.1 Å². The van der Waals surface area contributed by atoms with Crippen LogP contribution in [0.15, 0.2) is 60.7 Å². The first kappa shape index (κ1) is 27.0. The van der Waals surface area contributed by atoms with Gasteiger partial charge in [0.2, 0.25) is 5.91 Å². The molecule has 0 radical (unpaired) electrons. The smallest absolute Gasteiger partial charge is 0.254 e. The van der Waals surface area contributed by atoms with Crippen LogP contribution in [-0.2, 0) is 9.53 Å². The highest BCUT2D eigenvalue weighted by Gasteiger charge is 2.25. The Balaban J connectivity index is 1.37. The van der Waals surface area contributed by atoms with E-state index in [0.717, 1.165) is 35.8 Å². The minimum atomic E-state index is -0.421. The number of ether oxygens (including phenoxy) is 2. The minimum absolute atomic E-state index is 0.0748. The Morgan fingerprint density at radius 2 is 1.79 bits per heavy atom. The van der Waals surface area contributed by atoms with E-state index >= 15 is 0 Å². The molecule has 38 heavy (non-hydrogen) atoms. The second-order valence-electron chi connectivity index (χ2n) is 8.96. The highest BCUT2D eigenvalue weighted by molar-refractivity contribution is 5.96. The average Bonchev–Trinajstić information content (AvgIpc) is 3.22. The van der Waals surface area contributed by atoms with Gasteiger partial charge >= 0.3 is 0 Å². The summed E-state index contributed by atoms with van der Waals surface area (Å²) in [4.78, 5) is 31.5. The number of nitrogens with zero attached hydrogens (tertiary/aromatic N) is 5. The van der Waals surface area contributed by atoms with Gasteiger partial charge in [-0.3, -0.25) is 9.59 Å². The van der Waals surface area contributed by atoms with Crippen molar-refractivity contribution >= 4 is 17.6 Å². The van der Waals surface area contributed by atoms with E-state index in [1.807, 2.05) is 36.4 Å². The van der Waals surface area contributed by atoms with Crippen LogP contribution >= 0.6 is 0 Å². The monoisotopic (exact) mass is 521 g/mol. The molecule has 1 aliphatic heterocycles. The highest BCUT2D eigenvalue weighted by Crippen LogP contribution is 2.23. The van der Waals surface area contributed by atoms with Gasteiger partial charge in [-0.2, -0.15) is 0 Å². The van der Waals surface area contributed by atoms with Crippen molar-refractivity contribution < 1.29 is 23.5 Å². The van der Waals surface area contributed by atoms with Crippen molar-refractivity contribution in [3.63, 3.8) is 0 Å². The van der Waals surface area contributed by atoms with Crippen molar-refractivity contribution in [1.82, 2.24) is 20.0 Å². The number of benzene rings is 2. The fraction of sp³-hybridized carbons (Fsp3) is 0.357. The number of methoxy groups -OCH3 is 2. The summed E-state index contributed by atoms with van der Waals surface area (Å²) in [7, 11) is 3.17. The largest absolute Gasteiger partial charge is 0.497 e. The molecule has 0 N–H and O–H groups in total. The molecule has 0 atom stereocenters. The zero-order valence-corrected chi connectivity index (χ0v) is 21.7. The van der Waals surface area contributed by atoms with Gasteiger partial charge in [0, 0.05) is 51.0 Å². The molecule has 1 aromatic heterocycles. The van der Waals surface area contributed by atoms with Crippen molar-refractivity contribution in [2.75, 3.05) is 65.0 Å². The molecule has 0 saturated carbocycles. The Bertz CT molecular complexity index is 1220. The van der Waals surface area contributed by atoms with Gasteiger partial charge in [0.1, 0.15) is 18.1 Å². The number of anilines is 1. The van der Waals surface area contributed by atoms with Crippen molar-refractivity contribution in [3.05, 3.63) is 72.0 Å². The van der Waals surface area contributed by atoms with E-state index in [1.54, 1.807) is 12.0 Å². The summed E-state index contributed by atoms with van der Waals surface area (Å²) in [6.45, 7) is 2.89. The molecule has 2 amide bonds. The Morgan fingerprint density at radius 3 is 2.50 bits per heavy atom. The van der Waals surface area contributed by atoms with Crippen LogP contribution in [0.5, 0.6) is 5.75 Å². The van der Waals surface area contributed by atoms with Gasteiger partial charge in [0.05, 0.1) is 19.4 Å². The third-order valence-corrected chi connectivity index (χ3v) is 6.46. The lowest BCUT2D eigenvalue weighted by molar-refractivity contribution is -0.131. The molecule has 2 aromatic carbocycles. The zero-order valence-electron chi connectivity index (χ0n) is 21.7. The minimum Gasteiger partial charge on any atom is -0.497 e. The number of carbonyl (C=O) groups is 2. The quantitative estimate of drug-likeness (QED) is 0.428. The predicted molar refractivity (Wildman–Crippen MR) is 142 cm³/mol. The van der Waals surface area contributed by atoms with E-state index in [4.69, 9.17) is 9.47 Å². The molecular weight excluding hydrogens is 489 g/mol. The number of halogens is 1. The fourth-order valence-electron chi connectivity index (χ4n) is 4.32. The number of rotatable bonds is 9. The van der Waals surface area contributed by atoms with E-state index in [9.17, 15) is 14.0 Å². The summed E-state index contributed by atoms with van der Waals surface area (Å²) in [6.07, 6.45) is 0.759. The molecule has 0 bridgehead atoms. The molecule has 1 fully saturated rings. The molecular formula is C28H32FN5O4. The first-order valence-corrected chi connectivity index (χ1v) is 12.5. The number of carbonyl (C=O) groups excluding carboxylic acids is 2. The molecule has 0 aliphatic carbocycles.